The third kappa shape index (κ3) is 1.77. The van der Waals surface area contributed by atoms with Crippen LogP contribution in [0.25, 0.3) is 10.9 Å². The Bertz CT molecular complexity index is 666. The summed E-state index contributed by atoms with van der Waals surface area (Å²) in [6.45, 7) is 0.930. The molecule has 0 radical (unpaired) electrons. The number of halogens is 2. The minimum Gasteiger partial charge on any atom is -0.376 e. The number of fused-ring (bicyclic) bond motifs is 2. The summed E-state index contributed by atoms with van der Waals surface area (Å²) in [4.78, 5) is 15.4. The van der Waals surface area contributed by atoms with Crippen molar-refractivity contribution in [2.45, 2.75) is 13.0 Å². The molecular weight excluding hydrogens is 336 g/mol. The molecule has 0 saturated heterocycles. The molecule has 0 fully saturated rings. The van der Waals surface area contributed by atoms with E-state index in [1.807, 2.05) is 22.6 Å². The van der Waals surface area contributed by atoms with E-state index in [9.17, 15) is 9.18 Å². The molecule has 2 heterocycles. The van der Waals surface area contributed by atoms with Crippen LogP contribution in [0.5, 0.6) is 0 Å². The zero-order valence-electron chi connectivity index (χ0n) is 8.85. The second kappa shape index (κ2) is 4.06. The first-order chi connectivity index (χ1) is 8.16. The molecule has 1 aromatic heterocycles. The lowest BCUT2D eigenvalue weighted by atomic mass is 10.1. The summed E-state index contributed by atoms with van der Waals surface area (Å²) in [5.41, 5.74) is 2.15. The molecule has 1 aliphatic rings. The molecule has 5 heteroatoms. The highest BCUT2D eigenvalue weighted by atomic mass is 127. The van der Waals surface area contributed by atoms with Gasteiger partial charge in [0.1, 0.15) is 5.82 Å². The smallest absolute Gasteiger partial charge is 0.195 e. The molecule has 0 amide bonds. The lowest BCUT2D eigenvalue weighted by Crippen LogP contribution is -2.22. The number of aromatic nitrogens is 1. The first-order valence-electron chi connectivity index (χ1n) is 5.27. The van der Waals surface area contributed by atoms with Crippen molar-refractivity contribution in [3.63, 3.8) is 0 Å². The Labute approximate surface area is 110 Å². The molecule has 0 atom stereocenters. The highest BCUT2D eigenvalue weighted by Gasteiger charge is 2.17. The van der Waals surface area contributed by atoms with Crippen LogP contribution in [0.4, 0.5) is 4.39 Å². The standard InChI is InChI=1S/C12H9FINO2/c13-6-3-7-11(9(14)4-6)15-10-1-2-17-5-8(10)12(7)16/h3-4H,1-2,5H2,(H,15,16). The second-order valence-corrected chi connectivity index (χ2v) is 5.19. The Balaban J connectivity index is 2.44. The van der Waals surface area contributed by atoms with Gasteiger partial charge in [-0.1, -0.05) is 0 Å². The van der Waals surface area contributed by atoms with Crippen molar-refractivity contribution in [2.24, 2.45) is 0 Å². The van der Waals surface area contributed by atoms with Crippen molar-refractivity contribution in [3.05, 3.63) is 43.0 Å². The predicted molar refractivity (Wildman–Crippen MR) is 70.6 cm³/mol. The van der Waals surface area contributed by atoms with E-state index < -0.39 is 0 Å². The first-order valence-corrected chi connectivity index (χ1v) is 6.35. The van der Waals surface area contributed by atoms with Crippen LogP contribution in [-0.2, 0) is 17.8 Å². The van der Waals surface area contributed by atoms with Gasteiger partial charge in [-0.2, -0.15) is 0 Å². The van der Waals surface area contributed by atoms with Crippen LogP contribution in [0, 0.1) is 9.39 Å². The van der Waals surface area contributed by atoms with Gasteiger partial charge in [-0.3, -0.25) is 4.79 Å². The predicted octanol–water partition coefficient (Wildman–Crippen LogP) is 2.34. The largest absolute Gasteiger partial charge is 0.376 e. The third-order valence-electron chi connectivity index (χ3n) is 2.96. The van der Waals surface area contributed by atoms with E-state index in [4.69, 9.17) is 4.74 Å². The number of hydrogen-bond acceptors (Lipinski definition) is 2. The Kier molecular flexibility index (Phi) is 2.67. The van der Waals surface area contributed by atoms with E-state index in [1.165, 1.54) is 12.1 Å². The summed E-state index contributed by atoms with van der Waals surface area (Å²) < 4.78 is 19.3. The minimum atomic E-state index is -0.385. The van der Waals surface area contributed by atoms with Gasteiger partial charge in [0.2, 0.25) is 0 Å². The summed E-state index contributed by atoms with van der Waals surface area (Å²) in [5, 5.41) is 0.402. The van der Waals surface area contributed by atoms with Crippen molar-refractivity contribution < 1.29 is 9.13 Å². The lowest BCUT2D eigenvalue weighted by Gasteiger charge is -2.17. The number of benzene rings is 1. The first kappa shape index (κ1) is 11.2. The Morgan fingerprint density at radius 1 is 1.41 bits per heavy atom. The molecule has 3 nitrogen and oxygen atoms in total. The molecule has 1 N–H and O–H groups in total. The number of aromatic amines is 1. The van der Waals surface area contributed by atoms with Crippen LogP contribution >= 0.6 is 22.6 Å². The van der Waals surface area contributed by atoms with E-state index in [1.54, 1.807) is 0 Å². The molecule has 0 saturated carbocycles. The highest BCUT2D eigenvalue weighted by molar-refractivity contribution is 14.1. The number of nitrogens with one attached hydrogen (secondary N) is 1. The number of hydrogen-bond donors (Lipinski definition) is 1. The topological polar surface area (TPSA) is 42.1 Å². The van der Waals surface area contributed by atoms with Crippen LogP contribution in [0.2, 0.25) is 0 Å². The zero-order valence-corrected chi connectivity index (χ0v) is 11.0. The van der Waals surface area contributed by atoms with Crippen molar-refractivity contribution in [1.82, 2.24) is 4.98 Å². The van der Waals surface area contributed by atoms with E-state index >= 15 is 0 Å². The van der Waals surface area contributed by atoms with Crippen molar-refractivity contribution in [2.75, 3.05) is 6.61 Å². The molecule has 3 rings (SSSR count). The summed E-state index contributed by atoms with van der Waals surface area (Å²) in [6.07, 6.45) is 0.702. The van der Waals surface area contributed by atoms with E-state index in [0.29, 0.717) is 30.6 Å². The molecule has 0 aliphatic carbocycles. The Hall–Kier alpha value is -0.950. The van der Waals surface area contributed by atoms with Crippen molar-refractivity contribution in [3.8, 4) is 0 Å². The fourth-order valence-electron chi connectivity index (χ4n) is 2.12. The summed E-state index contributed by atoms with van der Waals surface area (Å²) in [5.74, 6) is -0.385. The fourth-order valence-corrected chi connectivity index (χ4v) is 2.84. The van der Waals surface area contributed by atoms with Crippen LogP contribution in [0.3, 0.4) is 0 Å². The zero-order chi connectivity index (χ0) is 12.0. The van der Waals surface area contributed by atoms with Crippen LogP contribution in [-0.4, -0.2) is 11.6 Å². The van der Waals surface area contributed by atoms with Gasteiger partial charge in [0, 0.05) is 26.6 Å². The number of rotatable bonds is 0. The van der Waals surface area contributed by atoms with Gasteiger partial charge in [0.05, 0.1) is 18.7 Å². The highest BCUT2D eigenvalue weighted by Crippen LogP contribution is 2.21. The van der Waals surface area contributed by atoms with Gasteiger partial charge in [-0.15, -0.1) is 0 Å². The van der Waals surface area contributed by atoms with Gasteiger partial charge in [0.25, 0.3) is 0 Å². The van der Waals surface area contributed by atoms with Crippen LogP contribution in [0.1, 0.15) is 11.3 Å². The lowest BCUT2D eigenvalue weighted by molar-refractivity contribution is 0.108. The maximum atomic E-state index is 13.3. The van der Waals surface area contributed by atoms with E-state index in [2.05, 4.69) is 4.98 Å². The van der Waals surface area contributed by atoms with Crippen LogP contribution < -0.4 is 5.43 Å². The molecule has 17 heavy (non-hydrogen) atoms. The summed E-state index contributed by atoms with van der Waals surface area (Å²) >= 11 is 2.03. The summed E-state index contributed by atoms with van der Waals surface area (Å²) in [7, 11) is 0. The minimum absolute atomic E-state index is 0.120. The maximum Gasteiger partial charge on any atom is 0.195 e. The molecule has 0 bridgehead atoms. The average molecular weight is 345 g/mol. The van der Waals surface area contributed by atoms with Crippen molar-refractivity contribution in [1.29, 1.82) is 0 Å². The number of pyridine rings is 1. The van der Waals surface area contributed by atoms with Crippen molar-refractivity contribution >= 4 is 33.5 Å². The third-order valence-corrected chi connectivity index (χ3v) is 3.81. The van der Waals surface area contributed by atoms with Gasteiger partial charge < -0.3 is 9.72 Å². The maximum absolute atomic E-state index is 13.3. The molecule has 1 aromatic carbocycles. The Morgan fingerprint density at radius 2 is 2.24 bits per heavy atom. The molecule has 0 spiro atoms. The molecule has 0 unspecified atom stereocenters. The Morgan fingerprint density at radius 3 is 3.06 bits per heavy atom. The molecule has 88 valence electrons. The fraction of sp³-hybridized carbons (Fsp3) is 0.250. The summed E-state index contributed by atoms with van der Waals surface area (Å²) in [6, 6.07) is 2.70. The van der Waals surface area contributed by atoms with E-state index in [-0.39, 0.29) is 11.2 Å². The molecular formula is C12H9FINO2. The number of H-pyrrole nitrogens is 1. The SMILES string of the molecule is O=c1c2c([nH]c3c(I)cc(F)cc13)CCOC2. The van der Waals surface area contributed by atoms with Gasteiger partial charge in [-0.05, 0) is 34.7 Å². The normalized spacial score (nSPS) is 14.9. The van der Waals surface area contributed by atoms with Gasteiger partial charge in [0.15, 0.2) is 5.43 Å². The van der Waals surface area contributed by atoms with Gasteiger partial charge >= 0.3 is 0 Å². The average Bonchev–Trinajstić information content (AvgIpc) is 2.31. The second-order valence-electron chi connectivity index (χ2n) is 4.02. The van der Waals surface area contributed by atoms with E-state index in [0.717, 1.165) is 14.8 Å². The molecule has 2 aromatic rings. The van der Waals surface area contributed by atoms with Gasteiger partial charge in [-0.25, -0.2) is 4.39 Å². The monoisotopic (exact) mass is 345 g/mol. The van der Waals surface area contributed by atoms with Crippen LogP contribution in [0.15, 0.2) is 16.9 Å². The molecule has 1 aliphatic heterocycles. The quantitative estimate of drug-likeness (QED) is 0.745. The number of ether oxygens (including phenoxy) is 1.